The molecule has 0 amide bonds. The highest BCUT2D eigenvalue weighted by Crippen LogP contribution is 2.56. The number of nitrogens with zero attached hydrogens (tertiary/aromatic N) is 1. The number of benzene rings is 9. The van der Waals surface area contributed by atoms with Crippen LogP contribution in [0, 0.1) is 5.92 Å². The third-order valence-corrected chi connectivity index (χ3v) is 13.7. The number of para-hydroxylation sites is 3. The molecule has 2 heterocycles. The molecule has 0 saturated heterocycles. The van der Waals surface area contributed by atoms with Crippen LogP contribution in [-0.2, 0) is 5.41 Å². The summed E-state index contributed by atoms with van der Waals surface area (Å²) < 4.78 is 13.5. The van der Waals surface area contributed by atoms with Gasteiger partial charge >= 0.3 is 0 Å². The first-order valence-corrected chi connectivity index (χ1v) is 21.0. The maximum Gasteiger partial charge on any atom is 0.143 e. The van der Waals surface area contributed by atoms with Crippen molar-refractivity contribution in [1.82, 2.24) is 0 Å². The van der Waals surface area contributed by atoms with Gasteiger partial charge < -0.3 is 13.7 Å². The summed E-state index contributed by atoms with van der Waals surface area (Å²) in [5, 5.41) is 11.8. The number of anilines is 2. The fourth-order valence-electron chi connectivity index (χ4n) is 11.0. The summed E-state index contributed by atoms with van der Waals surface area (Å²) in [5.74, 6) is 0.565. The van der Waals surface area contributed by atoms with Gasteiger partial charge in [-0.25, -0.2) is 0 Å². The van der Waals surface area contributed by atoms with Crippen molar-refractivity contribution in [2.24, 2.45) is 5.92 Å². The Morgan fingerprint density at radius 2 is 1.08 bits per heavy atom. The third kappa shape index (κ3) is 4.60. The zero-order chi connectivity index (χ0) is 39.7. The van der Waals surface area contributed by atoms with Gasteiger partial charge in [0.2, 0.25) is 0 Å². The lowest BCUT2D eigenvalue weighted by Gasteiger charge is -2.35. The predicted molar refractivity (Wildman–Crippen MR) is 250 cm³/mol. The molecule has 60 heavy (non-hydrogen) atoms. The smallest absolute Gasteiger partial charge is 0.143 e. The third-order valence-electron chi connectivity index (χ3n) is 13.7. The summed E-state index contributed by atoms with van der Waals surface area (Å²) in [7, 11) is 0. The average molecular weight is 770 g/mol. The molecule has 13 rings (SSSR count). The number of furan rings is 2. The van der Waals surface area contributed by atoms with Crippen LogP contribution in [0.15, 0.2) is 203 Å². The molecular formula is C57H39NO2. The van der Waals surface area contributed by atoms with Crippen molar-refractivity contribution in [2.45, 2.75) is 25.2 Å². The highest BCUT2D eigenvalue weighted by molar-refractivity contribution is 6.31. The molecule has 284 valence electrons. The highest BCUT2D eigenvalue weighted by Gasteiger charge is 2.45. The lowest BCUT2D eigenvalue weighted by Crippen LogP contribution is -2.28. The highest BCUT2D eigenvalue weighted by atomic mass is 16.3. The Labute approximate surface area is 347 Å². The van der Waals surface area contributed by atoms with Gasteiger partial charge in [0, 0.05) is 61.4 Å². The van der Waals surface area contributed by atoms with Gasteiger partial charge in [0.05, 0.1) is 5.69 Å². The Bertz CT molecular complexity index is 3630. The molecule has 0 radical (unpaired) electrons. The number of hydrogen-bond donors (Lipinski definition) is 0. The average Bonchev–Trinajstić information content (AvgIpc) is 3.94. The summed E-state index contributed by atoms with van der Waals surface area (Å²) >= 11 is 0. The molecule has 2 atom stereocenters. The quantitative estimate of drug-likeness (QED) is 0.167. The Kier molecular flexibility index (Phi) is 6.90. The van der Waals surface area contributed by atoms with Crippen LogP contribution in [0.5, 0.6) is 0 Å². The Morgan fingerprint density at radius 1 is 0.500 bits per heavy atom. The van der Waals surface area contributed by atoms with E-state index >= 15 is 0 Å². The van der Waals surface area contributed by atoms with E-state index in [1.54, 1.807) is 0 Å². The van der Waals surface area contributed by atoms with Crippen LogP contribution in [-0.4, -0.2) is 0 Å². The minimum Gasteiger partial charge on any atom is -0.456 e. The Morgan fingerprint density at radius 3 is 1.87 bits per heavy atom. The predicted octanol–water partition coefficient (Wildman–Crippen LogP) is 15.9. The van der Waals surface area contributed by atoms with E-state index < -0.39 is 0 Å². The van der Waals surface area contributed by atoms with E-state index in [2.05, 4.69) is 201 Å². The van der Waals surface area contributed by atoms with Crippen molar-refractivity contribution in [2.75, 3.05) is 4.90 Å². The fraction of sp³-hybridized carbons (Fsp3) is 0.0877. The second kappa shape index (κ2) is 12.3. The number of allylic oxidation sites excluding steroid dienone is 3. The molecule has 0 fully saturated rings. The molecule has 0 aliphatic heterocycles. The zero-order valence-corrected chi connectivity index (χ0v) is 33.3. The molecule has 3 heteroatoms. The van der Waals surface area contributed by atoms with Gasteiger partial charge in [-0.3, -0.25) is 0 Å². The van der Waals surface area contributed by atoms with Crippen molar-refractivity contribution in [3.05, 3.63) is 205 Å². The van der Waals surface area contributed by atoms with Gasteiger partial charge in [-0.05, 0) is 85.8 Å². The summed E-state index contributed by atoms with van der Waals surface area (Å²) in [6.07, 6.45) is 7.35. The molecule has 0 bridgehead atoms. The van der Waals surface area contributed by atoms with Crippen LogP contribution in [0.4, 0.5) is 11.4 Å². The second-order valence-corrected chi connectivity index (χ2v) is 17.2. The Balaban J connectivity index is 1.17. The first-order chi connectivity index (χ1) is 29.5. The topological polar surface area (TPSA) is 29.5 Å². The van der Waals surface area contributed by atoms with Crippen molar-refractivity contribution in [1.29, 1.82) is 0 Å². The van der Waals surface area contributed by atoms with Crippen LogP contribution >= 0.6 is 0 Å². The molecule has 11 aromatic rings. The number of fused-ring (bicyclic) bond motifs is 15. The molecule has 3 nitrogen and oxygen atoms in total. The van der Waals surface area contributed by atoms with E-state index in [-0.39, 0.29) is 11.3 Å². The van der Waals surface area contributed by atoms with Crippen LogP contribution in [0.2, 0.25) is 0 Å². The maximum absolute atomic E-state index is 6.92. The SMILES string of the molecule is CC1(C)c2ccccc2C2C=CC(N(c3ccc4c(c3)oc3ccccc34)c3ccc4c5ccccc5c5ccccc5c4c3-c3cccc4c3oc3ccccc34)=CC21. The van der Waals surface area contributed by atoms with E-state index in [0.717, 1.165) is 72.1 Å². The van der Waals surface area contributed by atoms with Crippen molar-refractivity contribution < 1.29 is 8.83 Å². The molecule has 9 aromatic carbocycles. The molecule has 2 aliphatic carbocycles. The number of rotatable bonds is 4. The lowest BCUT2D eigenvalue weighted by molar-refractivity contribution is 0.392. The molecular weight excluding hydrogens is 731 g/mol. The summed E-state index contributed by atoms with van der Waals surface area (Å²) in [6, 6.07) is 61.6. The summed E-state index contributed by atoms with van der Waals surface area (Å²) in [5.41, 5.74) is 11.8. The molecule has 0 saturated carbocycles. The van der Waals surface area contributed by atoms with Gasteiger partial charge in [-0.15, -0.1) is 0 Å². The summed E-state index contributed by atoms with van der Waals surface area (Å²) in [4.78, 5) is 2.48. The van der Waals surface area contributed by atoms with E-state index in [1.165, 1.54) is 43.4 Å². The minimum absolute atomic E-state index is 0.0627. The molecule has 2 aromatic heterocycles. The van der Waals surface area contributed by atoms with Gasteiger partial charge in [0.1, 0.15) is 22.3 Å². The standard InChI is InChI=1S/C57H39NO2/c1-57(2)48-23-10-7-17-39(48)40-28-26-34(32-49(40)57)58(35-27-29-43-41-18-8-11-24-51(41)59-53(43)33-35)50-31-30-45-38-16-4-3-14-36(38)37-15-5-6-20-44(37)54(45)55(50)47-22-13-21-46-42-19-9-12-25-52(42)60-56(46)47/h3-33,40,49H,1-2H3. The van der Waals surface area contributed by atoms with E-state index in [0.29, 0.717) is 5.92 Å². The van der Waals surface area contributed by atoms with Gasteiger partial charge in [-0.1, -0.05) is 159 Å². The fourth-order valence-corrected chi connectivity index (χ4v) is 11.0. The first kappa shape index (κ1) is 33.6. The first-order valence-electron chi connectivity index (χ1n) is 21.0. The summed E-state index contributed by atoms with van der Waals surface area (Å²) in [6.45, 7) is 4.82. The largest absolute Gasteiger partial charge is 0.456 e. The Hall–Kier alpha value is -7.36. The molecule has 0 N–H and O–H groups in total. The second-order valence-electron chi connectivity index (χ2n) is 17.2. The van der Waals surface area contributed by atoms with Gasteiger partial charge in [0.15, 0.2) is 0 Å². The van der Waals surface area contributed by atoms with Crippen LogP contribution in [0.1, 0.15) is 30.9 Å². The minimum atomic E-state index is -0.0627. The van der Waals surface area contributed by atoms with Gasteiger partial charge in [-0.2, -0.15) is 0 Å². The van der Waals surface area contributed by atoms with E-state index in [1.807, 2.05) is 6.07 Å². The monoisotopic (exact) mass is 769 g/mol. The molecule has 2 aliphatic rings. The van der Waals surface area contributed by atoms with Crippen molar-refractivity contribution >= 4 is 87.6 Å². The normalized spacial score (nSPS) is 17.0. The van der Waals surface area contributed by atoms with Gasteiger partial charge in [0.25, 0.3) is 0 Å². The van der Waals surface area contributed by atoms with Crippen LogP contribution in [0.3, 0.4) is 0 Å². The molecule has 0 spiro atoms. The molecule has 2 unspecified atom stereocenters. The van der Waals surface area contributed by atoms with E-state index in [9.17, 15) is 0 Å². The lowest BCUT2D eigenvalue weighted by atomic mass is 9.74. The number of hydrogen-bond acceptors (Lipinski definition) is 3. The van der Waals surface area contributed by atoms with Crippen LogP contribution in [0.25, 0.3) is 87.3 Å². The zero-order valence-electron chi connectivity index (χ0n) is 33.3. The van der Waals surface area contributed by atoms with Crippen molar-refractivity contribution in [3.63, 3.8) is 0 Å². The van der Waals surface area contributed by atoms with Crippen LogP contribution < -0.4 is 4.90 Å². The van der Waals surface area contributed by atoms with Crippen molar-refractivity contribution in [3.8, 4) is 11.1 Å². The maximum atomic E-state index is 6.92. The van der Waals surface area contributed by atoms with E-state index in [4.69, 9.17) is 8.83 Å².